The predicted octanol–water partition coefficient (Wildman–Crippen LogP) is -0.0807. The first-order valence-corrected chi connectivity index (χ1v) is 6.38. The first-order chi connectivity index (χ1) is 9.29. The van der Waals surface area contributed by atoms with Gasteiger partial charge in [-0.2, -0.15) is 0 Å². The van der Waals surface area contributed by atoms with Gasteiger partial charge in [0.1, 0.15) is 0 Å². The van der Waals surface area contributed by atoms with Crippen LogP contribution >= 0.6 is 0 Å². The fourth-order valence-corrected chi connectivity index (χ4v) is 2.48. The smallest absolute Gasteiger partial charge is 0.160 e. The molecule has 0 unspecified atom stereocenters. The maximum Gasteiger partial charge on any atom is 0.160 e. The van der Waals surface area contributed by atoms with Crippen LogP contribution in [0.1, 0.15) is 0 Å². The quantitative estimate of drug-likeness (QED) is 0.748. The van der Waals surface area contributed by atoms with Crippen LogP contribution in [0.2, 0.25) is 0 Å². The zero-order chi connectivity index (χ0) is 13.2. The largest absolute Gasteiger partial charge is 0.397 e. The minimum absolute atomic E-state index is 0.208. The first kappa shape index (κ1) is 12.2. The van der Waals surface area contributed by atoms with Crippen LogP contribution in [0.4, 0.5) is 11.4 Å². The number of aliphatic hydroxyl groups is 1. The molecule has 1 aliphatic heterocycles. The topological polar surface area (TPSA) is 91.7 Å². The van der Waals surface area contributed by atoms with E-state index in [1.165, 1.54) is 0 Å². The van der Waals surface area contributed by atoms with E-state index in [2.05, 4.69) is 20.1 Å². The summed E-state index contributed by atoms with van der Waals surface area (Å²) >= 11 is 0. The maximum absolute atomic E-state index is 8.95. The average Bonchev–Trinajstić information content (AvgIpc) is 2.91. The van der Waals surface area contributed by atoms with E-state index in [0.29, 0.717) is 11.2 Å². The van der Waals surface area contributed by atoms with Crippen LogP contribution in [0.25, 0.3) is 11.0 Å². The van der Waals surface area contributed by atoms with Gasteiger partial charge in [-0.3, -0.25) is 4.90 Å². The second-order valence-electron chi connectivity index (χ2n) is 4.69. The number of rotatable bonds is 3. The summed E-state index contributed by atoms with van der Waals surface area (Å²) in [4.78, 5) is 4.49. The molecular weight excluding hydrogens is 246 g/mol. The lowest BCUT2D eigenvalue weighted by atomic mass is 10.2. The molecule has 2 aromatic rings. The second kappa shape index (κ2) is 5.02. The fourth-order valence-electron chi connectivity index (χ4n) is 2.48. The molecule has 1 fully saturated rings. The summed E-state index contributed by atoms with van der Waals surface area (Å²) in [5.41, 5.74) is 8.77. The van der Waals surface area contributed by atoms with Crippen LogP contribution in [-0.4, -0.2) is 59.7 Å². The van der Waals surface area contributed by atoms with E-state index in [1.807, 2.05) is 12.1 Å². The van der Waals surface area contributed by atoms with Gasteiger partial charge in [0.25, 0.3) is 0 Å². The van der Waals surface area contributed by atoms with Gasteiger partial charge in [0.2, 0.25) is 0 Å². The predicted molar refractivity (Wildman–Crippen MR) is 72.0 cm³/mol. The molecule has 0 radical (unpaired) electrons. The lowest BCUT2D eigenvalue weighted by Crippen LogP contribution is -2.47. The van der Waals surface area contributed by atoms with Crippen LogP contribution in [0.5, 0.6) is 0 Å². The van der Waals surface area contributed by atoms with E-state index in [4.69, 9.17) is 15.5 Å². The van der Waals surface area contributed by atoms with E-state index in [9.17, 15) is 0 Å². The molecule has 2 heterocycles. The van der Waals surface area contributed by atoms with E-state index in [0.717, 1.165) is 43.9 Å². The van der Waals surface area contributed by atoms with Gasteiger partial charge in [0.05, 0.1) is 18.0 Å². The summed E-state index contributed by atoms with van der Waals surface area (Å²) in [6, 6.07) is 3.80. The molecule has 0 spiro atoms. The summed E-state index contributed by atoms with van der Waals surface area (Å²) in [6.07, 6.45) is 0. The third-order valence-corrected chi connectivity index (χ3v) is 3.55. The fraction of sp³-hybridized carbons (Fsp3) is 0.500. The molecule has 7 nitrogen and oxygen atoms in total. The Labute approximate surface area is 110 Å². The summed E-state index contributed by atoms with van der Waals surface area (Å²) in [7, 11) is 0. The third-order valence-electron chi connectivity index (χ3n) is 3.55. The Hall–Kier alpha value is -1.86. The van der Waals surface area contributed by atoms with E-state index < -0.39 is 0 Å². The molecule has 0 amide bonds. The highest BCUT2D eigenvalue weighted by Crippen LogP contribution is 2.28. The summed E-state index contributed by atoms with van der Waals surface area (Å²) < 4.78 is 4.79. The number of nitrogen functional groups attached to an aromatic ring is 1. The van der Waals surface area contributed by atoms with Gasteiger partial charge >= 0.3 is 0 Å². The van der Waals surface area contributed by atoms with Gasteiger partial charge in [-0.05, 0) is 22.4 Å². The highest BCUT2D eigenvalue weighted by Gasteiger charge is 2.20. The minimum atomic E-state index is 0.208. The Bertz CT molecular complexity index is 562. The summed E-state index contributed by atoms with van der Waals surface area (Å²) in [6.45, 7) is 4.59. The van der Waals surface area contributed by atoms with Crippen molar-refractivity contribution in [2.75, 3.05) is 50.0 Å². The average molecular weight is 263 g/mol. The van der Waals surface area contributed by atoms with E-state index >= 15 is 0 Å². The molecule has 0 atom stereocenters. The number of aromatic nitrogens is 2. The molecule has 3 N–H and O–H groups in total. The van der Waals surface area contributed by atoms with Crippen molar-refractivity contribution in [1.29, 1.82) is 0 Å². The summed E-state index contributed by atoms with van der Waals surface area (Å²) in [5, 5.41) is 16.7. The molecule has 102 valence electrons. The minimum Gasteiger partial charge on any atom is -0.397 e. The summed E-state index contributed by atoms with van der Waals surface area (Å²) in [5.74, 6) is 0. The highest BCUT2D eigenvalue weighted by molar-refractivity contribution is 5.95. The van der Waals surface area contributed by atoms with E-state index in [1.54, 1.807) is 0 Å². The molecule has 0 saturated carbocycles. The molecule has 1 aromatic carbocycles. The number of fused-ring (bicyclic) bond motifs is 1. The molecule has 0 aliphatic carbocycles. The number of aliphatic hydroxyl groups excluding tert-OH is 1. The molecule has 0 bridgehead atoms. The molecule has 1 aliphatic rings. The second-order valence-corrected chi connectivity index (χ2v) is 4.69. The Kier molecular flexibility index (Phi) is 3.22. The van der Waals surface area contributed by atoms with Crippen molar-refractivity contribution in [3.05, 3.63) is 12.1 Å². The molecule has 7 heteroatoms. The third kappa shape index (κ3) is 2.22. The highest BCUT2D eigenvalue weighted by atomic mass is 16.6. The number of nitrogens with zero attached hydrogens (tertiary/aromatic N) is 4. The molecule has 1 saturated heterocycles. The van der Waals surface area contributed by atoms with Gasteiger partial charge < -0.3 is 15.7 Å². The molecular formula is C12H17N5O2. The number of hydrogen-bond donors (Lipinski definition) is 2. The molecule has 19 heavy (non-hydrogen) atoms. The van der Waals surface area contributed by atoms with E-state index in [-0.39, 0.29) is 6.61 Å². The Balaban J connectivity index is 1.82. The number of hydrogen-bond acceptors (Lipinski definition) is 7. The number of anilines is 2. The van der Waals surface area contributed by atoms with Crippen molar-refractivity contribution < 1.29 is 9.74 Å². The Morgan fingerprint density at radius 1 is 1.16 bits per heavy atom. The van der Waals surface area contributed by atoms with Gasteiger partial charge in [-0.1, -0.05) is 0 Å². The van der Waals surface area contributed by atoms with Crippen molar-refractivity contribution in [2.24, 2.45) is 0 Å². The van der Waals surface area contributed by atoms with Gasteiger partial charge in [-0.15, -0.1) is 0 Å². The standard InChI is InChI=1S/C12H17N5O2/c13-9-1-2-10(12-11(9)14-19-15-12)17-5-3-16(4-6-17)7-8-18/h1-2,18H,3-8,13H2. The monoisotopic (exact) mass is 263 g/mol. The van der Waals surface area contributed by atoms with Crippen LogP contribution in [0, 0.1) is 0 Å². The Morgan fingerprint density at radius 2 is 1.89 bits per heavy atom. The van der Waals surface area contributed by atoms with Crippen LogP contribution in [0.3, 0.4) is 0 Å². The van der Waals surface area contributed by atoms with Gasteiger partial charge in [-0.25, -0.2) is 4.63 Å². The Morgan fingerprint density at radius 3 is 2.63 bits per heavy atom. The number of nitrogens with two attached hydrogens (primary N) is 1. The zero-order valence-corrected chi connectivity index (χ0v) is 10.6. The van der Waals surface area contributed by atoms with Crippen molar-refractivity contribution in [1.82, 2.24) is 15.2 Å². The number of β-amino-alcohol motifs (C(OH)–C–C–N with tert-alkyl or cyclic N) is 1. The normalized spacial score (nSPS) is 17.2. The van der Waals surface area contributed by atoms with Gasteiger partial charge in [0.15, 0.2) is 11.0 Å². The molecule has 3 rings (SSSR count). The SMILES string of the molecule is Nc1ccc(N2CCN(CCO)CC2)c2nonc12. The lowest BCUT2D eigenvalue weighted by Gasteiger charge is -2.35. The van der Waals surface area contributed by atoms with Crippen molar-refractivity contribution in [3.63, 3.8) is 0 Å². The first-order valence-electron chi connectivity index (χ1n) is 6.38. The molecule has 1 aromatic heterocycles. The number of piperazine rings is 1. The lowest BCUT2D eigenvalue weighted by molar-refractivity contribution is 0.189. The maximum atomic E-state index is 8.95. The van der Waals surface area contributed by atoms with Crippen molar-refractivity contribution in [3.8, 4) is 0 Å². The van der Waals surface area contributed by atoms with Crippen LogP contribution in [-0.2, 0) is 0 Å². The number of benzene rings is 1. The zero-order valence-electron chi connectivity index (χ0n) is 10.6. The van der Waals surface area contributed by atoms with Crippen molar-refractivity contribution >= 4 is 22.4 Å². The van der Waals surface area contributed by atoms with Crippen molar-refractivity contribution in [2.45, 2.75) is 0 Å². The van der Waals surface area contributed by atoms with Crippen LogP contribution in [0.15, 0.2) is 16.8 Å². The van der Waals surface area contributed by atoms with Crippen LogP contribution < -0.4 is 10.6 Å². The van der Waals surface area contributed by atoms with Gasteiger partial charge in [0, 0.05) is 32.7 Å².